The van der Waals surface area contributed by atoms with Crippen molar-refractivity contribution in [1.82, 2.24) is 9.78 Å². The number of hydrogen-bond acceptors (Lipinski definition) is 3. The van der Waals surface area contributed by atoms with Gasteiger partial charge in [-0.2, -0.15) is 5.10 Å². The van der Waals surface area contributed by atoms with Gasteiger partial charge in [0.25, 0.3) is 0 Å². The summed E-state index contributed by atoms with van der Waals surface area (Å²) in [7, 11) is 0. The molecular weight excluding hydrogens is 270 g/mol. The van der Waals surface area contributed by atoms with Crippen LogP contribution in [-0.4, -0.2) is 14.8 Å². The monoisotopic (exact) mass is 287 g/mol. The summed E-state index contributed by atoms with van der Waals surface area (Å²) in [6.07, 6.45) is 0. The molecule has 0 amide bonds. The first-order chi connectivity index (χ1) is 9.40. The number of nitrogens with two attached hydrogens (primary N) is 1. The lowest BCUT2D eigenvalue weighted by molar-refractivity contribution is 0.790. The standard InChI is InChI=1S/C15H17N3OS/c1-9(2)11-4-6-12(7-5-11)18-10(3)8-13(19)14(17-18)15(16)20/h4-9H,1-3H3,(H2,16,20). The third-order valence-corrected chi connectivity index (χ3v) is 3.34. The quantitative estimate of drug-likeness (QED) is 0.880. The van der Waals surface area contributed by atoms with Crippen LogP contribution in [0.3, 0.4) is 0 Å². The molecule has 20 heavy (non-hydrogen) atoms. The molecule has 0 radical (unpaired) electrons. The second-order valence-corrected chi connectivity index (χ2v) is 5.46. The van der Waals surface area contributed by atoms with E-state index in [4.69, 9.17) is 18.0 Å². The molecule has 0 spiro atoms. The van der Waals surface area contributed by atoms with E-state index in [9.17, 15) is 4.79 Å². The van der Waals surface area contributed by atoms with E-state index in [1.165, 1.54) is 11.6 Å². The van der Waals surface area contributed by atoms with Crippen molar-refractivity contribution in [3.05, 3.63) is 57.5 Å². The molecule has 4 nitrogen and oxygen atoms in total. The van der Waals surface area contributed by atoms with Gasteiger partial charge in [0.05, 0.1) is 5.69 Å². The van der Waals surface area contributed by atoms with Gasteiger partial charge >= 0.3 is 0 Å². The van der Waals surface area contributed by atoms with Crippen LogP contribution in [0.2, 0.25) is 0 Å². The van der Waals surface area contributed by atoms with Crippen LogP contribution in [0.15, 0.2) is 35.1 Å². The molecule has 1 aromatic heterocycles. The van der Waals surface area contributed by atoms with Crippen LogP contribution >= 0.6 is 12.2 Å². The Morgan fingerprint density at radius 3 is 2.40 bits per heavy atom. The number of thiocarbonyl (C=S) groups is 1. The lowest BCUT2D eigenvalue weighted by Gasteiger charge is -2.12. The first-order valence-corrected chi connectivity index (χ1v) is 6.82. The summed E-state index contributed by atoms with van der Waals surface area (Å²) in [5, 5.41) is 4.25. The molecule has 0 aliphatic heterocycles. The van der Waals surface area contributed by atoms with Crippen molar-refractivity contribution < 1.29 is 0 Å². The Morgan fingerprint density at radius 2 is 1.90 bits per heavy atom. The molecule has 0 saturated carbocycles. The molecule has 2 rings (SSSR count). The SMILES string of the molecule is Cc1cc(=O)c(C(N)=S)nn1-c1ccc(C(C)C)cc1. The maximum atomic E-state index is 11.8. The van der Waals surface area contributed by atoms with Gasteiger partial charge in [-0.05, 0) is 30.5 Å². The Morgan fingerprint density at radius 1 is 1.30 bits per heavy atom. The highest BCUT2D eigenvalue weighted by Gasteiger charge is 2.10. The van der Waals surface area contributed by atoms with Gasteiger partial charge in [0.2, 0.25) is 5.43 Å². The van der Waals surface area contributed by atoms with Crippen molar-refractivity contribution in [2.75, 3.05) is 0 Å². The van der Waals surface area contributed by atoms with Crippen LogP contribution in [0.25, 0.3) is 5.69 Å². The Labute approximate surface area is 123 Å². The Balaban J connectivity index is 2.54. The molecule has 2 N–H and O–H groups in total. The number of nitrogens with zero attached hydrogens (tertiary/aromatic N) is 2. The summed E-state index contributed by atoms with van der Waals surface area (Å²) >= 11 is 4.86. The Kier molecular flexibility index (Phi) is 3.99. The summed E-state index contributed by atoms with van der Waals surface area (Å²) in [6, 6.07) is 9.56. The number of rotatable bonds is 3. The molecule has 0 bridgehead atoms. The zero-order chi connectivity index (χ0) is 14.9. The largest absolute Gasteiger partial charge is 0.388 e. The minimum absolute atomic E-state index is 0.0163. The third-order valence-electron chi connectivity index (χ3n) is 3.15. The summed E-state index contributed by atoms with van der Waals surface area (Å²) in [6.45, 7) is 6.11. The first kappa shape index (κ1) is 14.4. The zero-order valence-electron chi connectivity index (χ0n) is 11.8. The average molecular weight is 287 g/mol. The van der Waals surface area contributed by atoms with E-state index in [2.05, 4.69) is 31.1 Å². The lowest BCUT2D eigenvalue weighted by atomic mass is 10.0. The molecule has 0 saturated heterocycles. The fraction of sp³-hybridized carbons (Fsp3) is 0.267. The summed E-state index contributed by atoms with van der Waals surface area (Å²) < 4.78 is 1.68. The Bertz CT molecular complexity index is 702. The molecule has 1 heterocycles. The van der Waals surface area contributed by atoms with Crippen LogP contribution in [0.5, 0.6) is 0 Å². The Hall–Kier alpha value is -2.01. The van der Waals surface area contributed by atoms with Gasteiger partial charge in [0.15, 0.2) is 5.69 Å². The summed E-state index contributed by atoms with van der Waals surface area (Å²) in [4.78, 5) is 11.8. The molecule has 0 fully saturated rings. The molecule has 0 atom stereocenters. The second kappa shape index (κ2) is 5.54. The highest BCUT2D eigenvalue weighted by atomic mass is 32.1. The zero-order valence-corrected chi connectivity index (χ0v) is 12.6. The number of hydrogen-bond donors (Lipinski definition) is 1. The molecule has 5 heteroatoms. The van der Waals surface area contributed by atoms with Crippen molar-refractivity contribution in [1.29, 1.82) is 0 Å². The van der Waals surface area contributed by atoms with Gasteiger partial charge in [0, 0.05) is 11.8 Å². The van der Waals surface area contributed by atoms with Crippen LogP contribution in [-0.2, 0) is 0 Å². The molecule has 0 unspecified atom stereocenters. The van der Waals surface area contributed by atoms with E-state index in [1.807, 2.05) is 19.1 Å². The van der Waals surface area contributed by atoms with Crippen LogP contribution in [0, 0.1) is 6.92 Å². The van der Waals surface area contributed by atoms with E-state index in [-0.39, 0.29) is 16.1 Å². The smallest absolute Gasteiger partial charge is 0.210 e. The molecule has 0 aliphatic rings. The van der Waals surface area contributed by atoms with Gasteiger partial charge in [-0.3, -0.25) is 4.79 Å². The normalized spacial score (nSPS) is 10.8. The highest BCUT2D eigenvalue weighted by molar-refractivity contribution is 7.80. The molecule has 2 aromatic rings. The second-order valence-electron chi connectivity index (χ2n) is 5.02. The van der Waals surface area contributed by atoms with E-state index in [1.54, 1.807) is 4.68 Å². The van der Waals surface area contributed by atoms with Crippen molar-refractivity contribution >= 4 is 17.2 Å². The van der Waals surface area contributed by atoms with Gasteiger partial charge < -0.3 is 5.73 Å². The molecule has 104 valence electrons. The lowest BCUT2D eigenvalue weighted by Crippen LogP contribution is -2.26. The summed E-state index contributed by atoms with van der Waals surface area (Å²) in [5.74, 6) is 0.472. The van der Waals surface area contributed by atoms with E-state index in [0.717, 1.165) is 11.4 Å². The maximum Gasteiger partial charge on any atom is 0.210 e. The highest BCUT2D eigenvalue weighted by Crippen LogP contribution is 2.17. The van der Waals surface area contributed by atoms with E-state index >= 15 is 0 Å². The van der Waals surface area contributed by atoms with Gasteiger partial charge in [-0.1, -0.05) is 38.2 Å². The molecule has 1 aromatic carbocycles. The van der Waals surface area contributed by atoms with Crippen molar-refractivity contribution in [2.45, 2.75) is 26.7 Å². The van der Waals surface area contributed by atoms with Gasteiger partial charge in [-0.25, -0.2) is 4.68 Å². The van der Waals surface area contributed by atoms with Crippen LogP contribution < -0.4 is 11.2 Å². The minimum atomic E-state index is -0.245. The predicted octanol–water partition coefficient (Wildman–Crippen LogP) is 2.30. The average Bonchev–Trinajstić information content (AvgIpc) is 2.38. The topological polar surface area (TPSA) is 60.9 Å². The first-order valence-electron chi connectivity index (χ1n) is 6.41. The van der Waals surface area contributed by atoms with Crippen LogP contribution in [0.4, 0.5) is 0 Å². The number of aryl methyl sites for hydroxylation is 1. The fourth-order valence-corrected chi connectivity index (χ4v) is 2.12. The number of aromatic nitrogens is 2. The third kappa shape index (κ3) is 2.77. The van der Waals surface area contributed by atoms with Crippen molar-refractivity contribution in [2.24, 2.45) is 5.73 Å². The van der Waals surface area contributed by atoms with E-state index < -0.39 is 0 Å². The van der Waals surface area contributed by atoms with Crippen molar-refractivity contribution in [3.63, 3.8) is 0 Å². The predicted molar refractivity (Wildman–Crippen MR) is 84.5 cm³/mol. The molecular formula is C15H17N3OS. The molecule has 0 aliphatic carbocycles. The van der Waals surface area contributed by atoms with Crippen molar-refractivity contribution in [3.8, 4) is 5.69 Å². The van der Waals surface area contributed by atoms with Gasteiger partial charge in [-0.15, -0.1) is 0 Å². The van der Waals surface area contributed by atoms with E-state index in [0.29, 0.717) is 5.92 Å². The number of benzene rings is 1. The summed E-state index contributed by atoms with van der Waals surface area (Å²) in [5.41, 5.74) is 8.28. The fourth-order valence-electron chi connectivity index (χ4n) is 1.98. The van der Waals surface area contributed by atoms with Crippen LogP contribution in [0.1, 0.15) is 36.7 Å². The minimum Gasteiger partial charge on any atom is -0.388 e. The maximum absolute atomic E-state index is 11.8. The van der Waals surface area contributed by atoms with Gasteiger partial charge in [0.1, 0.15) is 4.99 Å².